The number of aromatic carboxylic acids is 1. The number of hydrogen-bond donors (Lipinski definition) is 3. The highest BCUT2D eigenvalue weighted by Crippen LogP contribution is 2.26. The molecule has 4 aromatic carbocycles. The Hall–Kier alpha value is -4.91. The predicted molar refractivity (Wildman–Crippen MR) is 149 cm³/mol. The molecule has 7 heteroatoms. The van der Waals surface area contributed by atoms with Gasteiger partial charge in [0.25, 0.3) is 5.91 Å². The molecule has 0 fully saturated rings. The van der Waals surface area contributed by atoms with Crippen LogP contribution in [0.4, 0.5) is 11.4 Å². The number of amides is 2. The van der Waals surface area contributed by atoms with E-state index in [2.05, 4.69) is 10.6 Å². The smallest absolute Gasteiger partial charge is 0.337 e. The Morgan fingerprint density at radius 3 is 2.29 bits per heavy atom. The number of carboxylic acid groups (broad SMARTS) is 1. The first kappa shape index (κ1) is 26.2. The number of nitrogens with one attached hydrogen (secondary N) is 2. The second-order valence-corrected chi connectivity index (χ2v) is 9.06. The molecular formula is C31H29N3O4. The molecule has 4 rings (SSSR count). The van der Waals surface area contributed by atoms with Crippen molar-refractivity contribution in [3.63, 3.8) is 0 Å². The summed E-state index contributed by atoms with van der Waals surface area (Å²) in [7, 11) is 1.71. The second kappa shape index (κ2) is 11.9. The van der Waals surface area contributed by atoms with E-state index in [1.165, 1.54) is 0 Å². The average Bonchev–Trinajstić information content (AvgIpc) is 2.92. The Bertz CT molecular complexity index is 1460. The molecule has 0 saturated heterocycles. The fourth-order valence-corrected chi connectivity index (χ4v) is 4.07. The number of benzene rings is 4. The third-order valence-corrected chi connectivity index (χ3v) is 6.11. The van der Waals surface area contributed by atoms with Gasteiger partial charge >= 0.3 is 5.97 Å². The predicted octanol–water partition coefficient (Wildman–Crippen LogP) is 5.49. The lowest BCUT2D eigenvalue weighted by Gasteiger charge is -2.18. The third kappa shape index (κ3) is 6.64. The van der Waals surface area contributed by atoms with Crippen LogP contribution in [0.1, 0.15) is 31.8 Å². The van der Waals surface area contributed by atoms with Crippen molar-refractivity contribution in [2.24, 2.45) is 0 Å². The molecule has 3 N–H and O–H groups in total. The number of nitrogens with zero attached hydrogens (tertiary/aromatic N) is 1. The third-order valence-electron chi connectivity index (χ3n) is 6.11. The molecule has 4 aromatic rings. The minimum atomic E-state index is -0.987. The SMILES string of the molecule is Cc1cccc(C(=O)NCC(=O)N(C)Cc2cccc(-c3ccc(Nc4ccccc4C(=O)O)cc3)c2)c1. The highest BCUT2D eigenvalue weighted by molar-refractivity contribution is 5.96. The Balaban J connectivity index is 1.36. The minimum Gasteiger partial charge on any atom is -0.478 e. The second-order valence-electron chi connectivity index (χ2n) is 9.06. The molecule has 0 aliphatic carbocycles. The van der Waals surface area contributed by atoms with Crippen molar-refractivity contribution in [1.82, 2.24) is 10.2 Å². The number of anilines is 2. The zero-order valence-electron chi connectivity index (χ0n) is 21.3. The van der Waals surface area contributed by atoms with Crippen molar-refractivity contribution in [2.75, 3.05) is 18.9 Å². The molecule has 0 saturated carbocycles. The van der Waals surface area contributed by atoms with E-state index in [0.717, 1.165) is 27.9 Å². The van der Waals surface area contributed by atoms with Crippen molar-refractivity contribution >= 4 is 29.2 Å². The van der Waals surface area contributed by atoms with Crippen LogP contribution in [0.2, 0.25) is 0 Å². The fraction of sp³-hybridized carbons (Fsp3) is 0.129. The standard InChI is InChI=1S/C31H29N3O4/c1-21-7-5-10-25(17-21)30(36)32-19-29(35)34(2)20-22-8-6-9-24(18-22)23-13-15-26(16-14-23)33-28-12-4-3-11-27(28)31(37)38/h3-18,33H,19-20H2,1-2H3,(H,32,36)(H,37,38). The molecule has 38 heavy (non-hydrogen) atoms. The van der Waals surface area contributed by atoms with E-state index in [1.54, 1.807) is 48.3 Å². The van der Waals surface area contributed by atoms with Crippen LogP contribution in [-0.4, -0.2) is 41.4 Å². The van der Waals surface area contributed by atoms with Gasteiger partial charge in [-0.1, -0.05) is 60.2 Å². The lowest BCUT2D eigenvalue weighted by Crippen LogP contribution is -2.37. The topological polar surface area (TPSA) is 98.7 Å². The zero-order chi connectivity index (χ0) is 27.1. The van der Waals surface area contributed by atoms with Crippen LogP contribution in [0.15, 0.2) is 97.1 Å². The number of likely N-dealkylation sites (N-methyl/N-ethyl adjacent to an activating group) is 1. The molecule has 7 nitrogen and oxygen atoms in total. The molecule has 0 spiro atoms. The van der Waals surface area contributed by atoms with Gasteiger partial charge in [0.15, 0.2) is 0 Å². The van der Waals surface area contributed by atoms with Crippen LogP contribution in [0, 0.1) is 6.92 Å². The summed E-state index contributed by atoms with van der Waals surface area (Å²) in [5, 5.41) is 15.2. The van der Waals surface area contributed by atoms with E-state index in [-0.39, 0.29) is 23.9 Å². The number of carbonyl (C=O) groups excluding carboxylic acids is 2. The molecular weight excluding hydrogens is 478 g/mol. The van der Waals surface area contributed by atoms with Gasteiger partial charge in [0.05, 0.1) is 17.8 Å². The van der Waals surface area contributed by atoms with E-state index in [0.29, 0.717) is 17.8 Å². The first-order valence-electron chi connectivity index (χ1n) is 12.2. The summed E-state index contributed by atoms with van der Waals surface area (Å²) in [4.78, 5) is 38.0. The first-order chi connectivity index (χ1) is 18.3. The minimum absolute atomic E-state index is 0.0809. The molecule has 0 aromatic heterocycles. The van der Waals surface area contributed by atoms with Crippen LogP contribution in [0.5, 0.6) is 0 Å². The monoisotopic (exact) mass is 507 g/mol. The Morgan fingerprint density at radius 1 is 0.816 bits per heavy atom. The van der Waals surface area contributed by atoms with Crippen molar-refractivity contribution in [2.45, 2.75) is 13.5 Å². The van der Waals surface area contributed by atoms with E-state index in [4.69, 9.17) is 0 Å². The normalized spacial score (nSPS) is 10.5. The van der Waals surface area contributed by atoms with Gasteiger partial charge in [-0.15, -0.1) is 0 Å². The van der Waals surface area contributed by atoms with Crippen LogP contribution in [0.3, 0.4) is 0 Å². The Labute approximate surface area is 221 Å². The van der Waals surface area contributed by atoms with Gasteiger partial charge in [-0.3, -0.25) is 9.59 Å². The Kier molecular flexibility index (Phi) is 8.18. The van der Waals surface area contributed by atoms with Gasteiger partial charge in [0.2, 0.25) is 5.91 Å². The quantitative estimate of drug-likeness (QED) is 0.278. The van der Waals surface area contributed by atoms with E-state index < -0.39 is 5.97 Å². The lowest BCUT2D eigenvalue weighted by atomic mass is 10.0. The lowest BCUT2D eigenvalue weighted by molar-refractivity contribution is -0.129. The van der Waals surface area contributed by atoms with E-state index in [1.807, 2.05) is 67.6 Å². The highest BCUT2D eigenvalue weighted by atomic mass is 16.4. The van der Waals surface area contributed by atoms with Crippen molar-refractivity contribution in [3.05, 3.63) is 119 Å². The number of para-hydroxylation sites is 1. The molecule has 192 valence electrons. The first-order valence-corrected chi connectivity index (χ1v) is 12.2. The maximum atomic E-state index is 12.6. The summed E-state index contributed by atoms with van der Waals surface area (Å²) in [6.07, 6.45) is 0. The summed E-state index contributed by atoms with van der Waals surface area (Å²) in [5.74, 6) is -1.45. The maximum absolute atomic E-state index is 12.6. The molecule has 0 unspecified atom stereocenters. The molecule has 2 amide bonds. The van der Waals surface area contributed by atoms with Gasteiger partial charge in [-0.2, -0.15) is 0 Å². The van der Waals surface area contributed by atoms with Gasteiger partial charge in [-0.05, 0) is 66.1 Å². The number of carboxylic acids is 1. The molecule has 0 heterocycles. The van der Waals surface area contributed by atoms with Crippen LogP contribution >= 0.6 is 0 Å². The van der Waals surface area contributed by atoms with Crippen molar-refractivity contribution in [3.8, 4) is 11.1 Å². The summed E-state index contributed by atoms with van der Waals surface area (Å²) < 4.78 is 0. The zero-order valence-corrected chi connectivity index (χ0v) is 21.3. The van der Waals surface area contributed by atoms with Crippen molar-refractivity contribution in [1.29, 1.82) is 0 Å². The highest BCUT2D eigenvalue weighted by Gasteiger charge is 2.13. The fourth-order valence-electron chi connectivity index (χ4n) is 4.07. The molecule has 0 aliphatic heterocycles. The van der Waals surface area contributed by atoms with Crippen molar-refractivity contribution < 1.29 is 19.5 Å². The number of carbonyl (C=O) groups is 3. The molecule has 0 radical (unpaired) electrons. The van der Waals surface area contributed by atoms with Crippen LogP contribution in [0.25, 0.3) is 11.1 Å². The number of rotatable bonds is 9. The summed E-state index contributed by atoms with van der Waals surface area (Å²) >= 11 is 0. The van der Waals surface area contributed by atoms with Gasteiger partial charge in [0.1, 0.15) is 0 Å². The summed E-state index contributed by atoms with van der Waals surface area (Å²) in [5.41, 5.74) is 5.96. The van der Waals surface area contributed by atoms with Crippen LogP contribution in [-0.2, 0) is 11.3 Å². The van der Waals surface area contributed by atoms with E-state index in [9.17, 15) is 19.5 Å². The molecule has 0 bridgehead atoms. The maximum Gasteiger partial charge on any atom is 0.337 e. The van der Waals surface area contributed by atoms with E-state index >= 15 is 0 Å². The van der Waals surface area contributed by atoms with Gasteiger partial charge in [0, 0.05) is 24.8 Å². The molecule has 0 aliphatic rings. The largest absolute Gasteiger partial charge is 0.478 e. The Morgan fingerprint density at radius 2 is 1.55 bits per heavy atom. The average molecular weight is 508 g/mol. The number of aryl methyl sites for hydroxylation is 1. The van der Waals surface area contributed by atoms with Crippen LogP contribution < -0.4 is 10.6 Å². The van der Waals surface area contributed by atoms with Gasteiger partial charge in [-0.25, -0.2) is 4.79 Å². The summed E-state index contributed by atoms with van der Waals surface area (Å²) in [6.45, 7) is 2.23. The number of hydrogen-bond acceptors (Lipinski definition) is 4. The summed E-state index contributed by atoms with van der Waals surface area (Å²) in [6, 6.07) is 29.6. The molecule has 0 atom stereocenters. The van der Waals surface area contributed by atoms with Gasteiger partial charge < -0.3 is 20.6 Å².